The minimum absolute atomic E-state index is 0.0758. The topological polar surface area (TPSA) is 26.3 Å². The molecule has 86 valence electrons. The number of esters is 1. The molecule has 0 unspecified atom stereocenters. The van der Waals surface area contributed by atoms with Crippen LogP contribution in [0, 0.1) is 0 Å². The van der Waals surface area contributed by atoms with Crippen LogP contribution in [0.15, 0.2) is 28.7 Å². The molecule has 0 radical (unpaired) electrons. The Bertz CT molecular complexity index is 397. The van der Waals surface area contributed by atoms with Crippen molar-refractivity contribution in [3.63, 3.8) is 0 Å². The van der Waals surface area contributed by atoms with Gasteiger partial charge in [0.1, 0.15) is 0 Å². The molecule has 0 amide bonds. The van der Waals surface area contributed by atoms with Gasteiger partial charge in [-0.3, -0.25) is 4.79 Å². The lowest BCUT2D eigenvalue weighted by Crippen LogP contribution is -2.43. The van der Waals surface area contributed by atoms with Crippen molar-refractivity contribution in [3.8, 4) is 0 Å². The van der Waals surface area contributed by atoms with E-state index in [-0.39, 0.29) is 5.97 Å². The zero-order valence-electron chi connectivity index (χ0n) is 9.33. The molecule has 2 rings (SSSR count). The first-order valence-electron chi connectivity index (χ1n) is 5.63. The molecule has 0 saturated heterocycles. The molecule has 0 heterocycles. The summed E-state index contributed by atoms with van der Waals surface area (Å²) in [5.74, 6) is -0.0758. The van der Waals surface area contributed by atoms with Crippen LogP contribution in [0.5, 0.6) is 0 Å². The van der Waals surface area contributed by atoms with E-state index in [9.17, 15) is 4.79 Å². The molecule has 1 fully saturated rings. The third-order valence-electron chi connectivity index (χ3n) is 3.26. The maximum absolute atomic E-state index is 12.1. The van der Waals surface area contributed by atoms with Crippen molar-refractivity contribution >= 4 is 21.9 Å². The Balaban J connectivity index is 2.35. The second-order valence-corrected chi connectivity index (χ2v) is 4.99. The predicted octanol–water partition coefficient (Wildman–Crippen LogP) is 3.43. The van der Waals surface area contributed by atoms with Gasteiger partial charge in [0.25, 0.3) is 0 Å². The summed E-state index contributed by atoms with van der Waals surface area (Å²) in [5, 5.41) is 0. The molecule has 1 saturated carbocycles. The molecule has 0 spiro atoms. The van der Waals surface area contributed by atoms with Crippen LogP contribution in [0.1, 0.15) is 31.7 Å². The first-order chi connectivity index (χ1) is 7.70. The van der Waals surface area contributed by atoms with Crippen molar-refractivity contribution in [3.05, 3.63) is 34.3 Å². The van der Waals surface area contributed by atoms with E-state index in [4.69, 9.17) is 4.74 Å². The van der Waals surface area contributed by atoms with Gasteiger partial charge in [-0.2, -0.15) is 0 Å². The minimum Gasteiger partial charge on any atom is -0.465 e. The Labute approximate surface area is 104 Å². The Morgan fingerprint density at radius 1 is 1.44 bits per heavy atom. The summed E-state index contributed by atoms with van der Waals surface area (Å²) in [6.07, 6.45) is 2.89. The first-order valence-corrected chi connectivity index (χ1v) is 6.42. The van der Waals surface area contributed by atoms with Gasteiger partial charge < -0.3 is 4.74 Å². The molecular weight excluding hydrogens is 268 g/mol. The second-order valence-electron chi connectivity index (χ2n) is 4.14. The smallest absolute Gasteiger partial charge is 0.316 e. The average molecular weight is 283 g/mol. The SMILES string of the molecule is CCOC(=O)C1(c2ccccc2Br)CCC1. The summed E-state index contributed by atoms with van der Waals surface area (Å²) >= 11 is 3.52. The highest BCUT2D eigenvalue weighted by molar-refractivity contribution is 9.10. The fourth-order valence-electron chi connectivity index (χ4n) is 2.23. The predicted molar refractivity (Wildman–Crippen MR) is 66.3 cm³/mol. The quantitative estimate of drug-likeness (QED) is 0.794. The number of carbonyl (C=O) groups is 1. The standard InChI is InChI=1S/C13H15BrO2/c1-2-16-12(15)13(8-5-9-13)10-6-3-4-7-11(10)14/h3-4,6-7H,2,5,8-9H2,1H3. The van der Waals surface area contributed by atoms with Crippen molar-refractivity contribution < 1.29 is 9.53 Å². The molecular formula is C13H15BrO2. The van der Waals surface area contributed by atoms with Crippen molar-refractivity contribution in [1.82, 2.24) is 0 Å². The highest BCUT2D eigenvalue weighted by atomic mass is 79.9. The summed E-state index contributed by atoms with van der Waals surface area (Å²) in [6.45, 7) is 2.30. The van der Waals surface area contributed by atoms with Gasteiger partial charge >= 0.3 is 5.97 Å². The number of benzene rings is 1. The van der Waals surface area contributed by atoms with Crippen molar-refractivity contribution in [2.24, 2.45) is 0 Å². The Morgan fingerprint density at radius 2 is 2.12 bits per heavy atom. The zero-order valence-corrected chi connectivity index (χ0v) is 10.9. The molecule has 1 aromatic rings. The third kappa shape index (κ3) is 1.77. The molecule has 0 atom stereocenters. The number of halogens is 1. The van der Waals surface area contributed by atoms with E-state index in [0.717, 1.165) is 29.3 Å². The minimum atomic E-state index is -0.393. The van der Waals surface area contributed by atoms with Crippen LogP contribution in [0.25, 0.3) is 0 Å². The third-order valence-corrected chi connectivity index (χ3v) is 3.95. The normalized spacial score (nSPS) is 17.6. The van der Waals surface area contributed by atoms with Crippen LogP contribution in [-0.4, -0.2) is 12.6 Å². The molecule has 1 aromatic carbocycles. The van der Waals surface area contributed by atoms with Crippen LogP contribution in [0.4, 0.5) is 0 Å². The molecule has 0 bridgehead atoms. The van der Waals surface area contributed by atoms with E-state index in [2.05, 4.69) is 15.9 Å². The zero-order chi connectivity index (χ0) is 11.6. The highest BCUT2D eigenvalue weighted by Gasteiger charge is 2.47. The van der Waals surface area contributed by atoms with Crippen LogP contribution in [-0.2, 0) is 14.9 Å². The summed E-state index contributed by atoms with van der Waals surface area (Å²) < 4.78 is 6.20. The van der Waals surface area contributed by atoms with Crippen molar-refractivity contribution in [2.45, 2.75) is 31.6 Å². The van der Waals surface area contributed by atoms with E-state index >= 15 is 0 Å². The average Bonchev–Trinajstić information content (AvgIpc) is 2.19. The number of ether oxygens (including phenoxy) is 1. The van der Waals surface area contributed by atoms with Gasteiger partial charge in [-0.1, -0.05) is 40.5 Å². The van der Waals surface area contributed by atoms with Gasteiger partial charge in [-0.15, -0.1) is 0 Å². The van der Waals surface area contributed by atoms with Crippen LogP contribution < -0.4 is 0 Å². The van der Waals surface area contributed by atoms with E-state index in [1.54, 1.807) is 0 Å². The summed E-state index contributed by atoms with van der Waals surface area (Å²) in [5.41, 5.74) is 0.676. The molecule has 16 heavy (non-hydrogen) atoms. The molecule has 0 N–H and O–H groups in total. The van der Waals surface area contributed by atoms with Crippen molar-refractivity contribution in [2.75, 3.05) is 6.61 Å². The second kappa shape index (κ2) is 4.58. The monoisotopic (exact) mass is 282 g/mol. The summed E-state index contributed by atoms with van der Waals surface area (Å²) in [7, 11) is 0. The van der Waals surface area contributed by atoms with Gasteiger partial charge in [0.05, 0.1) is 12.0 Å². The van der Waals surface area contributed by atoms with E-state index in [0.29, 0.717) is 6.61 Å². The number of rotatable bonds is 3. The molecule has 2 nitrogen and oxygen atoms in total. The number of carbonyl (C=O) groups excluding carboxylic acids is 1. The van der Waals surface area contributed by atoms with E-state index < -0.39 is 5.41 Å². The van der Waals surface area contributed by atoms with Gasteiger partial charge in [0.2, 0.25) is 0 Å². The molecule has 0 aromatic heterocycles. The first kappa shape index (κ1) is 11.6. The highest BCUT2D eigenvalue weighted by Crippen LogP contribution is 2.47. The van der Waals surface area contributed by atoms with Gasteiger partial charge in [-0.05, 0) is 31.4 Å². The maximum Gasteiger partial charge on any atom is 0.316 e. The number of hydrogen-bond acceptors (Lipinski definition) is 2. The van der Waals surface area contributed by atoms with E-state index in [1.165, 1.54) is 0 Å². The molecule has 1 aliphatic rings. The Morgan fingerprint density at radius 3 is 2.62 bits per heavy atom. The fourth-order valence-corrected chi connectivity index (χ4v) is 2.90. The molecule has 1 aliphatic carbocycles. The Kier molecular flexibility index (Phi) is 3.33. The lowest BCUT2D eigenvalue weighted by molar-refractivity contribution is -0.153. The largest absolute Gasteiger partial charge is 0.465 e. The Hall–Kier alpha value is -0.830. The molecule has 3 heteroatoms. The van der Waals surface area contributed by atoms with Gasteiger partial charge in [-0.25, -0.2) is 0 Å². The van der Waals surface area contributed by atoms with Crippen LogP contribution in [0.2, 0.25) is 0 Å². The van der Waals surface area contributed by atoms with Crippen molar-refractivity contribution in [1.29, 1.82) is 0 Å². The van der Waals surface area contributed by atoms with Crippen LogP contribution >= 0.6 is 15.9 Å². The number of hydrogen-bond donors (Lipinski definition) is 0. The maximum atomic E-state index is 12.1. The molecule has 0 aliphatic heterocycles. The summed E-state index contributed by atoms with van der Waals surface area (Å²) in [6, 6.07) is 7.93. The van der Waals surface area contributed by atoms with Gasteiger partial charge in [0.15, 0.2) is 0 Å². The van der Waals surface area contributed by atoms with Gasteiger partial charge in [0, 0.05) is 4.47 Å². The lowest BCUT2D eigenvalue weighted by Gasteiger charge is -2.40. The lowest BCUT2D eigenvalue weighted by atomic mass is 9.64. The van der Waals surface area contributed by atoms with Crippen LogP contribution in [0.3, 0.4) is 0 Å². The summed E-state index contributed by atoms with van der Waals surface area (Å²) in [4.78, 5) is 12.1. The van der Waals surface area contributed by atoms with E-state index in [1.807, 2.05) is 31.2 Å². The fraction of sp³-hybridized carbons (Fsp3) is 0.462.